The Hall–Kier alpha value is -2.42. The third kappa shape index (κ3) is 5.06. The first-order valence-corrected chi connectivity index (χ1v) is 9.96. The van der Waals surface area contributed by atoms with Crippen LogP contribution in [0.4, 0.5) is 0 Å². The van der Waals surface area contributed by atoms with Gasteiger partial charge in [-0.1, -0.05) is 91.0 Å². The van der Waals surface area contributed by atoms with E-state index in [-0.39, 0.29) is 0 Å². The Kier molecular flexibility index (Phi) is 5.98. The van der Waals surface area contributed by atoms with E-state index in [1.165, 1.54) is 16.7 Å². The van der Waals surface area contributed by atoms with Crippen molar-refractivity contribution in [1.29, 1.82) is 0 Å². The lowest BCUT2D eigenvalue weighted by atomic mass is 9.97. The van der Waals surface area contributed by atoms with E-state index < -0.39 is 0 Å². The van der Waals surface area contributed by atoms with Crippen LogP contribution in [0.2, 0.25) is 0 Å². The van der Waals surface area contributed by atoms with Gasteiger partial charge in [0.15, 0.2) is 0 Å². The molecule has 0 aromatic heterocycles. The van der Waals surface area contributed by atoms with Gasteiger partial charge in [-0.15, -0.1) is 0 Å². The van der Waals surface area contributed by atoms with E-state index in [0.717, 1.165) is 32.5 Å². The highest BCUT2D eigenvalue weighted by Crippen LogP contribution is 2.18. The molecule has 4 rings (SSSR count). The molecule has 138 valence electrons. The van der Waals surface area contributed by atoms with Gasteiger partial charge in [0.1, 0.15) is 0 Å². The molecule has 1 saturated heterocycles. The van der Waals surface area contributed by atoms with E-state index >= 15 is 0 Å². The van der Waals surface area contributed by atoms with E-state index in [9.17, 15) is 0 Å². The van der Waals surface area contributed by atoms with E-state index in [2.05, 4.69) is 101 Å². The lowest BCUT2D eigenvalue weighted by molar-refractivity contribution is 0.121. The van der Waals surface area contributed by atoms with E-state index in [0.29, 0.717) is 12.1 Å². The molecule has 0 radical (unpaired) electrons. The third-order valence-electron chi connectivity index (χ3n) is 5.48. The highest BCUT2D eigenvalue weighted by molar-refractivity contribution is 5.19. The fraction of sp³-hybridized carbons (Fsp3) is 0.280. The van der Waals surface area contributed by atoms with Crippen LogP contribution in [0, 0.1) is 0 Å². The molecule has 3 aromatic carbocycles. The van der Waals surface area contributed by atoms with Gasteiger partial charge in [-0.3, -0.25) is 4.90 Å². The summed E-state index contributed by atoms with van der Waals surface area (Å²) >= 11 is 0. The maximum Gasteiger partial charge on any atom is 0.0265 e. The SMILES string of the molecule is c1ccc(C[C@@H]2CN(Cc3ccccc3)[C@H](Cc3ccccc3)CN2)cc1. The largest absolute Gasteiger partial charge is 0.311 e. The molecule has 0 amide bonds. The van der Waals surface area contributed by atoms with Crippen LogP contribution in [0.5, 0.6) is 0 Å². The molecular formula is C25H28N2. The molecule has 0 saturated carbocycles. The van der Waals surface area contributed by atoms with Crippen molar-refractivity contribution in [3.63, 3.8) is 0 Å². The Morgan fingerprint density at radius 3 is 1.78 bits per heavy atom. The van der Waals surface area contributed by atoms with Crippen LogP contribution in [0.25, 0.3) is 0 Å². The number of benzene rings is 3. The summed E-state index contributed by atoms with van der Waals surface area (Å²) in [7, 11) is 0. The molecule has 0 spiro atoms. The van der Waals surface area contributed by atoms with Crippen molar-refractivity contribution in [2.45, 2.75) is 31.5 Å². The van der Waals surface area contributed by atoms with Gasteiger partial charge >= 0.3 is 0 Å². The predicted molar refractivity (Wildman–Crippen MR) is 113 cm³/mol. The number of rotatable bonds is 6. The second kappa shape index (κ2) is 8.98. The van der Waals surface area contributed by atoms with E-state index in [1.54, 1.807) is 0 Å². The van der Waals surface area contributed by atoms with Crippen molar-refractivity contribution >= 4 is 0 Å². The standard InChI is InChI=1S/C25H28N2/c1-4-10-21(11-5-1)16-24-20-27(19-23-14-8-3-9-15-23)25(18-26-24)17-22-12-6-2-7-13-22/h1-15,24-26H,16-20H2/t24-,25-/m1/s1. The summed E-state index contributed by atoms with van der Waals surface area (Å²) in [5, 5.41) is 3.81. The Morgan fingerprint density at radius 2 is 1.19 bits per heavy atom. The molecule has 2 atom stereocenters. The summed E-state index contributed by atoms with van der Waals surface area (Å²) in [5.74, 6) is 0. The third-order valence-corrected chi connectivity index (χ3v) is 5.48. The molecule has 2 nitrogen and oxygen atoms in total. The van der Waals surface area contributed by atoms with Crippen LogP contribution in [-0.4, -0.2) is 30.1 Å². The number of hydrogen-bond acceptors (Lipinski definition) is 2. The minimum absolute atomic E-state index is 0.503. The second-order valence-electron chi connectivity index (χ2n) is 7.55. The maximum atomic E-state index is 3.81. The Bertz CT molecular complexity index is 802. The molecule has 0 aliphatic carbocycles. The smallest absolute Gasteiger partial charge is 0.0265 e. The van der Waals surface area contributed by atoms with Crippen molar-refractivity contribution in [1.82, 2.24) is 10.2 Å². The summed E-state index contributed by atoms with van der Waals surface area (Å²) in [6, 6.07) is 33.6. The molecule has 1 aliphatic heterocycles. The lowest BCUT2D eigenvalue weighted by Gasteiger charge is -2.41. The van der Waals surface area contributed by atoms with Gasteiger partial charge < -0.3 is 5.32 Å². The maximum absolute atomic E-state index is 3.81. The molecule has 2 heteroatoms. The molecular weight excluding hydrogens is 328 g/mol. The zero-order chi connectivity index (χ0) is 18.3. The molecule has 1 N–H and O–H groups in total. The average molecular weight is 357 g/mol. The fourth-order valence-electron chi connectivity index (χ4n) is 4.06. The molecule has 27 heavy (non-hydrogen) atoms. The van der Waals surface area contributed by atoms with Crippen LogP contribution in [-0.2, 0) is 19.4 Å². The van der Waals surface area contributed by atoms with Crippen LogP contribution in [0.15, 0.2) is 91.0 Å². The van der Waals surface area contributed by atoms with Crippen LogP contribution < -0.4 is 5.32 Å². The van der Waals surface area contributed by atoms with Crippen molar-refractivity contribution < 1.29 is 0 Å². The Labute approximate surface area is 162 Å². The minimum Gasteiger partial charge on any atom is -0.311 e. The summed E-state index contributed by atoms with van der Waals surface area (Å²) in [5.41, 5.74) is 4.23. The second-order valence-corrected chi connectivity index (χ2v) is 7.55. The first-order chi connectivity index (χ1) is 13.4. The summed E-state index contributed by atoms with van der Waals surface area (Å²) in [4.78, 5) is 2.67. The number of piperazine rings is 1. The summed E-state index contributed by atoms with van der Waals surface area (Å²) < 4.78 is 0. The molecule has 1 fully saturated rings. The highest BCUT2D eigenvalue weighted by Gasteiger charge is 2.28. The average Bonchev–Trinajstić information content (AvgIpc) is 2.72. The van der Waals surface area contributed by atoms with Gasteiger partial charge in [-0.25, -0.2) is 0 Å². The summed E-state index contributed by atoms with van der Waals surface area (Å²) in [6.45, 7) is 3.14. The first kappa shape index (κ1) is 18.0. The van der Waals surface area contributed by atoms with Crippen LogP contribution >= 0.6 is 0 Å². The zero-order valence-corrected chi connectivity index (χ0v) is 15.8. The van der Waals surface area contributed by atoms with Crippen molar-refractivity contribution in [3.8, 4) is 0 Å². The normalized spacial score (nSPS) is 20.4. The van der Waals surface area contributed by atoms with Crippen molar-refractivity contribution in [3.05, 3.63) is 108 Å². The number of nitrogens with one attached hydrogen (secondary N) is 1. The number of hydrogen-bond donors (Lipinski definition) is 1. The topological polar surface area (TPSA) is 15.3 Å². The van der Waals surface area contributed by atoms with Crippen LogP contribution in [0.1, 0.15) is 16.7 Å². The van der Waals surface area contributed by atoms with Gasteiger partial charge in [-0.05, 0) is 29.5 Å². The van der Waals surface area contributed by atoms with Gasteiger partial charge in [0.05, 0.1) is 0 Å². The first-order valence-electron chi connectivity index (χ1n) is 9.96. The summed E-state index contributed by atoms with van der Waals surface area (Å²) in [6.07, 6.45) is 2.18. The monoisotopic (exact) mass is 356 g/mol. The van der Waals surface area contributed by atoms with Crippen molar-refractivity contribution in [2.75, 3.05) is 13.1 Å². The molecule has 0 bridgehead atoms. The molecule has 0 unspecified atom stereocenters. The Balaban J connectivity index is 1.47. The molecule has 1 aliphatic rings. The molecule has 1 heterocycles. The Morgan fingerprint density at radius 1 is 0.667 bits per heavy atom. The van der Waals surface area contributed by atoms with E-state index in [1.807, 2.05) is 0 Å². The van der Waals surface area contributed by atoms with Gasteiger partial charge in [-0.2, -0.15) is 0 Å². The van der Waals surface area contributed by atoms with Crippen molar-refractivity contribution in [2.24, 2.45) is 0 Å². The quantitative estimate of drug-likeness (QED) is 0.708. The zero-order valence-electron chi connectivity index (χ0n) is 15.8. The lowest BCUT2D eigenvalue weighted by Crippen LogP contribution is -2.57. The number of nitrogens with zero attached hydrogens (tertiary/aromatic N) is 1. The van der Waals surface area contributed by atoms with Gasteiger partial charge in [0.2, 0.25) is 0 Å². The predicted octanol–water partition coefficient (Wildman–Crippen LogP) is 4.31. The highest BCUT2D eigenvalue weighted by atomic mass is 15.2. The van der Waals surface area contributed by atoms with Gasteiger partial charge in [0.25, 0.3) is 0 Å². The molecule has 3 aromatic rings. The fourth-order valence-corrected chi connectivity index (χ4v) is 4.06. The van der Waals surface area contributed by atoms with E-state index in [4.69, 9.17) is 0 Å². The van der Waals surface area contributed by atoms with Crippen LogP contribution in [0.3, 0.4) is 0 Å². The minimum atomic E-state index is 0.503. The van der Waals surface area contributed by atoms with Gasteiger partial charge in [0, 0.05) is 31.7 Å².